The van der Waals surface area contributed by atoms with Crippen molar-refractivity contribution in [2.24, 2.45) is 5.92 Å². The molecule has 8 nitrogen and oxygen atoms in total. The second-order valence-electron chi connectivity index (χ2n) is 10.8. The standard InChI is InChI=1S/C32H37N3O5S/c1-23(2)21-33-31(37)28(20-25-13-5-4-6-14-25)34(22-26-15-8-7-12-24(26)3)30(36)18-11-19-35-32(38)27-16-9-10-17-29(27)41(35,39)40/h4-10,12-17,23,28H,11,18-22H2,1-3H3,(H,33,37)/t28-/m1/s1. The van der Waals surface area contributed by atoms with E-state index in [0.717, 1.165) is 21.0 Å². The zero-order chi connectivity index (χ0) is 29.6. The molecule has 1 heterocycles. The maximum Gasteiger partial charge on any atom is 0.269 e. The molecule has 41 heavy (non-hydrogen) atoms. The summed E-state index contributed by atoms with van der Waals surface area (Å²) in [6, 6.07) is 22.6. The molecule has 0 aliphatic carbocycles. The van der Waals surface area contributed by atoms with Crippen LogP contribution in [-0.2, 0) is 32.6 Å². The molecule has 3 aromatic rings. The van der Waals surface area contributed by atoms with Gasteiger partial charge < -0.3 is 10.2 Å². The molecule has 0 aromatic heterocycles. The van der Waals surface area contributed by atoms with Crippen molar-refractivity contribution in [3.05, 3.63) is 101 Å². The van der Waals surface area contributed by atoms with Crippen molar-refractivity contribution >= 4 is 27.7 Å². The van der Waals surface area contributed by atoms with E-state index in [0.29, 0.717) is 13.0 Å². The lowest BCUT2D eigenvalue weighted by atomic mass is 10.0. The number of nitrogens with zero attached hydrogens (tertiary/aromatic N) is 2. The number of aryl methyl sites for hydroxylation is 1. The first-order valence-corrected chi connectivity index (χ1v) is 15.3. The SMILES string of the molecule is Cc1ccccc1CN(C(=O)CCCN1C(=O)c2ccccc2S1(=O)=O)[C@H](Cc1ccccc1)C(=O)NCC(C)C. The van der Waals surface area contributed by atoms with E-state index in [2.05, 4.69) is 5.32 Å². The Kier molecular flexibility index (Phi) is 9.60. The van der Waals surface area contributed by atoms with Crippen LogP contribution in [0.25, 0.3) is 0 Å². The molecule has 1 atom stereocenters. The van der Waals surface area contributed by atoms with Gasteiger partial charge in [0.15, 0.2) is 0 Å². The predicted octanol–water partition coefficient (Wildman–Crippen LogP) is 4.33. The summed E-state index contributed by atoms with van der Waals surface area (Å²) < 4.78 is 26.8. The highest BCUT2D eigenvalue weighted by molar-refractivity contribution is 7.90. The highest BCUT2D eigenvalue weighted by Gasteiger charge is 2.40. The molecule has 0 saturated carbocycles. The minimum atomic E-state index is -3.96. The lowest BCUT2D eigenvalue weighted by Gasteiger charge is -2.32. The Balaban J connectivity index is 1.57. The number of hydrogen-bond donors (Lipinski definition) is 1. The fourth-order valence-electron chi connectivity index (χ4n) is 4.92. The first-order valence-electron chi connectivity index (χ1n) is 13.9. The largest absolute Gasteiger partial charge is 0.354 e. The molecule has 3 aromatic carbocycles. The van der Waals surface area contributed by atoms with Crippen LogP contribution in [-0.4, -0.2) is 54.5 Å². The van der Waals surface area contributed by atoms with Crippen LogP contribution in [0.15, 0.2) is 83.8 Å². The Labute approximate surface area is 242 Å². The number of carbonyl (C=O) groups excluding carboxylic acids is 3. The third-order valence-corrected chi connectivity index (χ3v) is 9.06. The molecule has 0 saturated heterocycles. The maximum absolute atomic E-state index is 13.9. The molecule has 9 heteroatoms. The molecule has 0 fully saturated rings. The van der Waals surface area contributed by atoms with Gasteiger partial charge in [-0.25, -0.2) is 12.7 Å². The fourth-order valence-corrected chi connectivity index (χ4v) is 6.52. The highest BCUT2D eigenvalue weighted by Crippen LogP contribution is 2.30. The van der Waals surface area contributed by atoms with E-state index in [1.54, 1.807) is 17.0 Å². The molecule has 1 aliphatic heterocycles. The molecule has 0 radical (unpaired) electrons. The summed E-state index contributed by atoms with van der Waals surface area (Å²) in [7, 11) is -3.96. The van der Waals surface area contributed by atoms with E-state index >= 15 is 0 Å². The van der Waals surface area contributed by atoms with Crippen LogP contribution in [0.1, 0.15) is 53.7 Å². The van der Waals surface area contributed by atoms with Gasteiger partial charge in [0.2, 0.25) is 11.8 Å². The number of rotatable bonds is 12. The second-order valence-corrected chi connectivity index (χ2v) is 12.6. The molecule has 0 spiro atoms. The number of carbonyl (C=O) groups is 3. The van der Waals surface area contributed by atoms with Gasteiger partial charge in [0.1, 0.15) is 10.9 Å². The van der Waals surface area contributed by atoms with Crippen molar-refractivity contribution < 1.29 is 22.8 Å². The molecule has 3 amide bonds. The number of hydrogen-bond acceptors (Lipinski definition) is 5. The number of benzene rings is 3. The number of sulfonamides is 1. The van der Waals surface area contributed by atoms with Crippen LogP contribution in [0.3, 0.4) is 0 Å². The predicted molar refractivity (Wildman–Crippen MR) is 157 cm³/mol. The molecule has 1 aliphatic rings. The maximum atomic E-state index is 13.9. The van der Waals surface area contributed by atoms with Crippen molar-refractivity contribution in [3.63, 3.8) is 0 Å². The Morgan fingerprint density at radius 2 is 1.59 bits per heavy atom. The zero-order valence-corrected chi connectivity index (χ0v) is 24.6. The average molecular weight is 576 g/mol. The fraction of sp³-hybridized carbons (Fsp3) is 0.344. The Morgan fingerprint density at radius 1 is 0.927 bits per heavy atom. The quantitative estimate of drug-likeness (QED) is 0.346. The van der Waals surface area contributed by atoms with Crippen LogP contribution < -0.4 is 5.32 Å². The van der Waals surface area contributed by atoms with Crippen LogP contribution in [0.5, 0.6) is 0 Å². The normalized spacial score (nSPS) is 14.5. The van der Waals surface area contributed by atoms with Crippen molar-refractivity contribution in [2.45, 2.75) is 57.5 Å². The molecule has 0 unspecified atom stereocenters. The first kappa shape index (κ1) is 30.0. The smallest absolute Gasteiger partial charge is 0.269 e. The molecule has 1 N–H and O–H groups in total. The minimum absolute atomic E-state index is 0.0118. The van der Waals surface area contributed by atoms with Gasteiger partial charge >= 0.3 is 0 Å². The topological polar surface area (TPSA) is 104 Å². The summed E-state index contributed by atoms with van der Waals surface area (Å²) in [5.41, 5.74) is 2.98. The summed E-state index contributed by atoms with van der Waals surface area (Å²) in [5.74, 6) is -0.867. The van der Waals surface area contributed by atoms with E-state index in [1.807, 2.05) is 75.4 Å². The van der Waals surface area contributed by atoms with Gasteiger partial charge in [0, 0.05) is 32.5 Å². The zero-order valence-electron chi connectivity index (χ0n) is 23.7. The third-order valence-electron chi connectivity index (χ3n) is 7.22. The molecule has 216 valence electrons. The van der Waals surface area contributed by atoms with E-state index in [1.165, 1.54) is 12.1 Å². The number of fused-ring (bicyclic) bond motifs is 1. The molecule has 0 bridgehead atoms. The van der Waals surface area contributed by atoms with Crippen LogP contribution >= 0.6 is 0 Å². The van der Waals surface area contributed by atoms with Gasteiger partial charge in [0.05, 0.1) is 5.56 Å². The Hall–Kier alpha value is -3.98. The van der Waals surface area contributed by atoms with Crippen molar-refractivity contribution in [1.29, 1.82) is 0 Å². The molecular formula is C32H37N3O5S. The van der Waals surface area contributed by atoms with Crippen LogP contribution in [0.4, 0.5) is 0 Å². The number of amides is 3. The van der Waals surface area contributed by atoms with Crippen LogP contribution in [0.2, 0.25) is 0 Å². The first-order chi connectivity index (χ1) is 19.6. The summed E-state index contributed by atoms with van der Waals surface area (Å²) in [6.45, 7) is 6.56. The lowest BCUT2D eigenvalue weighted by molar-refractivity contribution is -0.141. The summed E-state index contributed by atoms with van der Waals surface area (Å²) in [4.78, 5) is 41.8. The van der Waals surface area contributed by atoms with E-state index < -0.39 is 22.0 Å². The van der Waals surface area contributed by atoms with E-state index in [9.17, 15) is 22.8 Å². The van der Waals surface area contributed by atoms with Crippen molar-refractivity contribution in [2.75, 3.05) is 13.1 Å². The van der Waals surface area contributed by atoms with Gasteiger partial charge in [-0.1, -0.05) is 80.6 Å². The van der Waals surface area contributed by atoms with E-state index in [-0.39, 0.29) is 54.1 Å². The van der Waals surface area contributed by atoms with Gasteiger partial charge in [-0.05, 0) is 48.1 Å². The van der Waals surface area contributed by atoms with Gasteiger partial charge in [-0.3, -0.25) is 14.4 Å². The summed E-state index contributed by atoms with van der Waals surface area (Å²) in [5, 5.41) is 3.00. The lowest BCUT2D eigenvalue weighted by Crippen LogP contribution is -2.51. The number of nitrogens with one attached hydrogen (secondary N) is 1. The summed E-state index contributed by atoms with van der Waals surface area (Å²) >= 11 is 0. The second kappa shape index (κ2) is 13.1. The minimum Gasteiger partial charge on any atom is -0.354 e. The van der Waals surface area contributed by atoms with Crippen molar-refractivity contribution in [1.82, 2.24) is 14.5 Å². The highest BCUT2D eigenvalue weighted by atomic mass is 32.2. The monoisotopic (exact) mass is 575 g/mol. The Morgan fingerprint density at radius 3 is 2.27 bits per heavy atom. The molecule has 4 rings (SSSR count). The van der Waals surface area contributed by atoms with E-state index in [4.69, 9.17) is 0 Å². The van der Waals surface area contributed by atoms with Gasteiger partial charge in [0.25, 0.3) is 15.9 Å². The molecular weight excluding hydrogens is 538 g/mol. The van der Waals surface area contributed by atoms with Gasteiger partial charge in [-0.15, -0.1) is 0 Å². The van der Waals surface area contributed by atoms with Crippen LogP contribution in [0, 0.1) is 12.8 Å². The third kappa shape index (κ3) is 7.03. The summed E-state index contributed by atoms with van der Waals surface area (Å²) in [6.07, 6.45) is 0.439. The van der Waals surface area contributed by atoms with Gasteiger partial charge in [-0.2, -0.15) is 0 Å². The van der Waals surface area contributed by atoms with Crippen molar-refractivity contribution in [3.8, 4) is 0 Å². The Bertz CT molecular complexity index is 1500. The average Bonchev–Trinajstić information content (AvgIpc) is 3.15.